The fourth-order valence-electron chi connectivity index (χ4n) is 5.02. The van der Waals surface area contributed by atoms with Crippen molar-refractivity contribution in [2.45, 2.75) is 110 Å². The van der Waals surface area contributed by atoms with E-state index in [4.69, 9.17) is 4.74 Å². The zero-order valence-electron chi connectivity index (χ0n) is 25.1. The molecule has 1 fully saturated rings. The van der Waals surface area contributed by atoms with E-state index in [1.807, 2.05) is 62.4 Å². The number of aryl methyl sites for hydroxylation is 2. The highest BCUT2D eigenvalue weighted by molar-refractivity contribution is 5.93. The second-order valence-electron chi connectivity index (χ2n) is 12.0. The Balaban J connectivity index is 2.03. The van der Waals surface area contributed by atoms with E-state index in [1.165, 1.54) is 0 Å². The molecule has 7 heteroatoms. The van der Waals surface area contributed by atoms with E-state index in [2.05, 4.69) is 17.6 Å². The van der Waals surface area contributed by atoms with Crippen LogP contribution < -0.4 is 10.6 Å². The summed E-state index contributed by atoms with van der Waals surface area (Å²) >= 11 is 0. The first-order chi connectivity index (χ1) is 19.0. The minimum absolute atomic E-state index is 0.0856. The quantitative estimate of drug-likeness (QED) is 0.310. The molecule has 1 saturated carbocycles. The minimum atomic E-state index is -0.890. The van der Waals surface area contributed by atoms with Crippen molar-refractivity contribution < 1.29 is 19.1 Å². The molecular weight excluding hydrogens is 502 g/mol. The highest BCUT2D eigenvalue weighted by Gasteiger charge is 2.42. The standard InChI is InChI=1S/C33H47N3O4/c1-7-8-12-20-34-30(37)29(27-21-23(2)18-19-24(27)3)36(26-16-13-17-26)31(38)28(22-25-14-10-9-11-15-25)35-32(39)40-33(4,5)6/h9-11,14-15,18-19,21,26,28-29H,7-8,12-13,16-17,20,22H2,1-6H3,(H,34,37)(H,35,39). The van der Waals surface area contributed by atoms with Gasteiger partial charge in [-0.25, -0.2) is 4.79 Å². The average Bonchev–Trinajstić information content (AvgIpc) is 2.86. The van der Waals surface area contributed by atoms with Gasteiger partial charge >= 0.3 is 6.09 Å². The lowest BCUT2D eigenvalue weighted by molar-refractivity contribution is -0.147. The number of nitrogens with zero attached hydrogens (tertiary/aromatic N) is 1. The van der Waals surface area contributed by atoms with Crippen molar-refractivity contribution in [3.63, 3.8) is 0 Å². The Hall–Kier alpha value is -3.35. The molecule has 3 amide bonds. The van der Waals surface area contributed by atoms with E-state index < -0.39 is 23.8 Å². The first-order valence-electron chi connectivity index (χ1n) is 14.7. The van der Waals surface area contributed by atoms with Crippen LogP contribution in [0, 0.1) is 13.8 Å². The molecule has 3 rings (SSSR count). The Kier molecular flexibility index (Phi) is 11.2. The van der Waals surface area contributed by atoms with Gasteiger partial charge < -0.3 is 20.3 Å². The smallest absolute Gasteiger partial charge is 0.408 e. The van der Waals surface area contributed by atoms with Crippen LogP contribution in [0.15, 0.2) is 48.5 Å². The molecule has 1 aliphatic rings. The van der Waals surface area contributed by atoms with Crippen LogP contribution in [0.25, 0.3) is 0 Å². The van der Waals surface area contributed by atoms with E-state index in [1.54, 1.807) is 25.7 Å². The number of hydrogen-bond acceptors (Lipinski definition) is 4. The van der Waals surface area contributed by atoms with Gasteiger partial charge in [-0.2, -0.15) is 0 Å². The van der Waals surface area contributed by atoms with Crippen molar-refractivity contribution in [3.05, 3.63) is 70.8 Å². The Bertz CT molecular complexity index is 1140. The molecule has 0 heterocycles. The summed E-state index contributed by atoms with van der Waals surface area (Å²) in [6.45, 7) is 12.0. The molecule has 218 valence electrons. The highest BCUT2D eigenvalue weighted by Crippen LogP contribution is 2.35. The third-order valence-electron chi connectivity index (χ3n) is 7.33. The largest absolute Gasteiger partial charge is 0.444 e. The number of carbonyl (C=O) groups is 3. The van der Waals surface area contributed by atoms with Crippen molar-refractivity contribution in [1.29, 1.82) is 0 Å². The summed E-state index contributed by atoms with van der Waals surface area (Å²) in [7, 11) is 0. The summed E-state index contributed by atoms with van der Waals surface area (Å²) in [5.74, 6) is -0.449. The summed E-state index contributed by atoms with van der Waals surface area (Å²) in [4.78, 5) is 43.2. The summed E-state index contributed by atoms with van der Waals surface area (Å²) in [5, 5.41) is 5.97. The third kappa shape index (κ3) is 8.83. The van der Waals surface area contributed by atoms with E-state index in [0.717, 1.165) is 60.8 Å². The molecule has 40 heavy (non-hydrogen) atoms. The number of amides is 3. The van der Waals surface area contributed by atoms with E-state index >= 15 is 0 Å². The monoisotopic (exact) mass is 549 g/mol. The lowest BCUT2D eigenvalue weighted by Gasteiger charge is -2.44. The second kappa shape index (κ2) is 14.3. The van der Waals surface area contributed by atoms with Crippen molar-refractivity contribution in [2.24, 2.45) is 0 Å². The number of unbranched alkanes of at least 4 members (excludes halogenated alkanes) is 2. The molecule has 0 spiro atoms. The van der Waals surface area contributed by atoms with Crippen LogP contribution in [0.1, 0.15) is 94.5 Å². The van der Waals surface area contributed by atoms with Gasteiger partial charge in [-0.15, -0.1) is 0 Å². The molecular formula is C33H47N3O4. The molecule has 0 aliphatic heterocycles. The molecule has 2 aromatic carbocycles. The fraction of sp³-hybridized carbons (Fsp3) is 0.545. The molecule has 7 nitrogen and oxygen atoms in total. The van der Waals surface area contributed by atoms with Crippen molar-refractivity contribution in [2.75, 3.05) is 6.54 Å². The maximum Gasteiger partial charge on any atom is 0.408 e. The molecule has 0 bridgehead atoms. The molecule has 2 unspecified atom stereocenters. The number of nitrogens with one attached hydrogen (secondary N) is 2. The Labute approximate surface area is 240 Å². The number of rotatable bonds is 12. The lowest BCUT2D eigenvalue weighted by atomic mass is 9.86. The fourth-order valence-corrected chi connectivity index (χ4v) is 5.02. The summed E-state index contributed by atoms with van der Waals surface area (Å²) in [6.07, 6.45) is 5.24. The molecule has 1 aliphatic carbocycles. The highest BCUT2D eigenvalue weighted by atomic mass is 16.6. The van der Waals surface area contributed by atoms with Crippen LogP contribution in [0.2, 0.25) is 0 Å². The van der Waals surface area contributed by atoms with E-state index in [0.29, 0.717) is 13.0 Å². The van der Waals surface area contributed by atoms with Gasteiger partial charge in [-0.05, 0) is 77.0 Å². The topological polar surface area (TPSA) is 87.7 Å². The zero-order chi connectivity index (χ0) is 29.3. The summed E-state index contributed by atoms with van der Waals surface area (Å²) in [6, 6.07) is 13.9. The SMILES string of the molecule is CCCCCNC(=O)C(c1cc(C)ccc1C)N(C(=O)C(Cc1ccccc1)NC(=O)OC(C)(C)C)C1CCC1. The first kappa shape index (κ1) is 31.2. The van der Waals surface area contributed by atoms with E-state index in [-0.39, 0.29) is 17.9 Å². The van der Waals surface area contributed by atoms with Crippen LogP contribution in [0.5, 0.6) is 0 Å². The van der Waals surface area contributed by atoms with Gasteiger partial charge in [0.25, 0.3) is 0 Å². The maximum absolute atomic E-state index is 14.6. The summed E-state index contributed by atoms with van der Waals surface area (Å²) in [5.41, 5.74) is 3.01. The predicted octanol–water partition coefficient (Wildman–Crippen LogP) is 6.17. The Morgan fingerprint density at radius 1 is 1.02 bits per heavy atom. The lowest BCUT2D eigenvalue weighted by Crippen LogP contribution is -2.58. The van der Waals surface area contributed by atoms with Gasteiger partial charge in [0.05, 0.1) is 0 Å². The first-order valence-corrected chi connectivity index (χ1v) is 14.7. The van der Waals surface area contributed by atoms with Gasteiger partial charge in [0.15, 0.2) is 0 Å². The van der Waals surface area contributed by atoms with Crippen LogP contribution in [-0.4, -0.2) is 47.0 Å². The van der Waals surface area contributed by atoms with Gasteiger partial charge in [0.1, 0.15) is 17.7 Å². The normalized spacial score (nSPS) is 14.9. The zero-order valence-corrected chi connectivity index (χ0v) is 25.1. The summed E-state index contributed by atoms with van der Waals surface area (Å²) < 4.78 is 5.54. The molecule has 2 aromatic rings. The third-order valence-corrected chi connectivity index (χ3v) is 7.33. The maximum atomic E-state index is 14.6. The van der Waals surface area contributed by atoms with Crippen molar-refractivity contribution in [1.82, 2.24) is 15.5 Å². The Morgan fingerprint density at radius 3 is 2.33 bits per heavy atom. The van der Waals surface area contributed by atoms with Gasteiger partial charge in [-0.3, -0.25) is 9.59 Å². The predicted molar refractivity (Wildman–Crippen MR) is 159 cm³/mol. The number of ether oxygens (including phenoxy) is 1. The number of alkyl carbamates (subject to hydrolysis) is 1. The molecule has 0 radical (unpaired) electrons. The van der Waals surface area contributed by atoms with Gasteiger partial charge in [0.2, 0.25) is 11.8 Å². The Morgan fingerprint density at radius 2 is 1.73 bits per heavy atom. The second-order valence-corrected chi connectivity index (χ2v) is 12.0. The molecule has 0 saturated heterocycles. The van der Waals surface area contributed by atoms with Gasteiger partial charge in [0, 0.05) is 19.0 Å². The van der Waals surface area contributed by atoms with Crippen LogP contribution in [-0.2, 0) is 20.7 Å². The molecule has 2 atom stereocenters. The number of hydrogen-bond donors (Lipinski definition) is 2. The van der Waals surface area contributed by atoms with Gasteiger partial charge in [-0.1, -0.05) is 73.9 Å². The average molecular weight is 550 g/mol. The van der Waals surface area contributed by atoms with Crippen molar-refractivity contribution >= 4 is 17.9 Å². The van der Waals surface area contributed by atoms with Crippen LogP contribution in [0.4, 0.5) is 4.79 Å². The van der Waals surface area contributed by atoms with Crippen molar-refractivity contribution in [3.8, 4) is 0 Å². The molecule has 2 N–H and O–H groups in total. The molecule has 0 aromatic heterocycles. The number of benzene rings is 2. The number of carbonyl (C=O) groups excluding carboxylic acids is 3. The van der Waals surface area contributed by atoms with E-state index in [9.17, 15) is 14.4 Å². The van der Waals surface area contributed by atoms with Crippen LogP contribution in [0.3, 0.4) is 0 Å². The minimum Gasteiger partial charge on any atom is -0.444 e. The van der Waals surface area contributed by atoms with Crippen LogP contribution >= 0.6 is 0 Å².